The number of carbonyl (C=O) groups excluding carboxylic acids is 1. The normalized spacial score (nSPS) is 31.5. The first-order valence-electron chi connectivity index (χ1n) is 8.91. The summed E-state index contributed by atoms with van der Waals surface area (Å²) in [6, 6.07) is 3.12. The van der Waals surface area contributed by atoms with Crippen molar-refractivity contribution in [1.29, 1.82) is 0 Å². The van der Waals surface area contributed by atoms with Gasteiger partial charge >= 0.3 is 0 Å². The van der Waals surface area contributed by atoms with E-state index in [9.17, 15) is 4.79 Å². The summed E-state index contributed by atoms with van der Waals surface area (Å²) in [5, 5.41) is 2.13. The molecule has 0 bridgehead atoms. The van der Waals surface area contributed by atoms with Gasteiger partial charge in [0.1, 0.15) is 0 Å². The van der Waals surface area contributed by atoms with Crippen LogP contribution in [0.15, 0.2) is 11.4 Å². The molecule has 2 fully saturated rings. The molecule has 0 unspecified atom stereocenters. The van der Waals surface area contributed by atoms with Crippen molar-refractivity contribution in [3.63, 3.8) is 0 Å². The van der Waals surface area contributed by atoms with E-state index >= 15 is 0 Å². The Bertz CT molecular complexity index is 573. The minimum Gasteiger partial charge on any atom is -0.373 e. The van der Waals surface area contributed by atoms with Gasteiger partial charge in [0.15, 0.2) is 0 Å². The largest absolute Gasteiger partial charge is 0.373 e. The average molecular weight is 334 g/mol. The highest BCUT2D eigenvalue weighted by Gasteiger charge is 2.39. The molecule has 1 amide bonds. The van der Waals surface area contributed by atoms with E-state index in [1.54, 1.807) is 11.3 Å². The fraction of sp³-hybridized carbons (Fsp3) is 0.722. The molecular weight excluding hydrogens is 308 g/mol. The summed E-state index contributed by atoms with van der Waals surface area (Å²) in [6.07, 6.45) is 6.29. The molecule has 0 spiro atoms. The SMILES string of the molecule is CN1CCC[C@@H]1[C@H]1CCCN1C(=O)C[C@H]1OCCc2sccc21. The lowest BCUT2D eigenvalue weighted by Gasteiger charge is -2.34. The first kappa shape index (κ1) is 15.6. The molecule has 4 nitrogen and oxygen atoms in total. The third-order valence-corrected chi connectivity index (χ3v) is 6.77. The van der Waals surface area contributed by atoms with Gasteiger partial charge in [0.05, 0.1) is 19.1 Å². The van der Waals surface area contributed by atoms with Gasteiger partial charge in [0.2, 0.25) is 5.91 Å². The second kappa shape index (κ2) is 6.54. The van der Waals surface area contributed by atoms with Gasteiger partial charge < -0.3 is 14.5 Å². The van der Waals surface area contributed by atoms with E-state index in [-0.39, 0.29) is 12.0 Å². The van der Waals surface area contributed by atoms with Gasteiger partial charge in [-0.15, -0.1) is 11.3 Å². The highest BCUT2D eigenvalue weighted by Crippen LogP contribution is 2.35. The third kappa shape index (κ3) is 2.94. The van der Waals surface area contributed by atoms with Gasteiger partial charge in [-0.2, -0.15) is 0 Å². The van der Waals surface area contributed by atoms with Crippen molar-refractivity contribution >= 4 is 17.2 Å². The monoisotopic (exact) mass is 334 g/mol. The summed E-state index contributed by atoms with van der Waals surface area (Å²) in [6.45, 7) is 2.85. The second-order valence-corrected chi connectivity index (χ2v) is 8.10. The lowest BCUT2D eigenvalue weighted by Crippen LogP contribution is -2.47. The van der Waals surface area contributed by atoms with E-state index in [0.717, 1.165) is 32.4 Å². The van der Waals surface area contributed by atoms with Crippen molar-refractivity contribution in [2.75, 3.05) is 26.7 Å². The van der Waals surface area contributed by atoms with E-state index in [0.29, 0.717) is 18.5 Å². The highest BCUT2D eigenvalue weighted by atomic mass is 32.1. The number of thiophene rings is 1. The topological polar surface area (TPSA) is 32.8 Å². The van der Waals surface area contributed by atoms with E-state index in [1.165, 1.54) is 29.8 Å². The minimum absolute atomic E-state index is 0.0277. The van der Waals surface area contributed by atoms with Gasteiger partial charge in [-0.25, -0.2) is 0 Å². The van der Waals surface area contributed by atoms with Crippen molar-refractivity contribution in [3.05, 3.63) is 21.9 Å². The van der Waals surface area contributed by atoms with Crippen LogP contribution in [0.4, 0.5) is 0 Å². The summed E-state index contributed by atoms with van der Waals surface area (Å²) in [5.41, 5.74) is 1.25. The number of likely N-dealkylation sites (tertiary alicyclic amines) is 2. The Labute approximate surface area is 142 Å². The van der Waals surface area contributed by atoms with Crippen LogP contribution in [0.3, 0.4) is 0 Å². The zero-order valence-electron chi connectivity index (χ0n) is 13.9. The molecule has 1 aromatic heterocycles. The molecule has 3 aliphatic rings. The predicted octanol–water partition coefficient (Wildman–Crippen LogP) is 2.84. The number of hydrogen-bond donors (Lipinski definition) is 0. The maximum Gasteiger partial charge on any atom is 0.225 e. The quantitative estimate of drug-likeness (QED) is 0.852. The Morgan fingerprint density at radius 1 is 1.30 bits per heavy atom. The van der Waals surface area contributed by atoms with Crippen molar-refractivity contribution in [3.8, 4) is 0 Å². The number of amides is 1. The minimum atomic E-state index is -0.0277. The van der Waals surface area contributed by atoms with Crippen LogP contribution >= 0.6 is 11.3 Å². The first-order chi connectivity index (χ1) is 11.2. The number of rotatable bonds is 3. The molecule has 2 saturated heterocycles. The van der Waals surface area contributed by atoms with Crippen LogP contribution in [0.1, 0.15) is 48.6 Å². The molecule has 4 rings (SSSR count). The molecule has 4 heterocycles. The molecular formula is C18H26N2O2S. The van der Waals surface area contributed by atoms with Crippen LogP contribution in [-0.4, -0.2) is 54.5 Å². The predicted molar refractivity (Wildman–Crippen MR) is 91.7 cm³/mol. The van der Waals surface area contributed by atoms with Crippen molar-refractivity contribution in [2.24, 2.45) is 0 Å². The Morgan fingerprint density at radius 2 is 2.13 bits per heavy atom. The van der Waals surface area contributed by atoms with Crippen molar-refractivity contribution < 1.29 is 9.53 Å². The van der Waals surface area contributed by atoms with Gasteiger partial charge in [-0.05, 0) is 56.3 Å². The third-order valence-electron chi connectivity index (χ3n) is 5.78. The summed E-state index contributed by atoms with van der Waals surface area (Å²) in [4.78, 5) is 19.0. The molecule has 0 aliphatic carbocycles. The molecule has 3 aliphatic heterocycles. The zero-order chi connectivity index (χ0) is 15.8. The van der Waals surface area contributed by atoms with Gasteiger partial charge in [0, 0.05) is 29.9 Å². The lowest BCUT2D eigenvalue weighted by molar-refractivity contribution is -0.136. The maximum absolute atomic E-state index is 12.9. The average Bonchev–Trinajstić information content (AvgIpc) is 3.26. The van der Waals surface area contributed by atoms with E-state index in [4.69, 9.17) is 4.74 Å². The first-order valence-corrected chi connectivity index (χ1v) is 9.79. The number of likely N-dealkylation sites (N-methyl/N-ethyl adjacent to an activating group) is 1. The van der Waals surface area contributed by atoms with Crippen LogP contribution < -0.4 is 0 Å². The van der Waals surface area contributed by atoms with Crippen LogP contribution in [0.2, 0.25) is 0 Å². The van der Waals surface area contributed by atoms with Crippen LogP contribution in [0.5, 0.6) is 0 Å². The van der Waals surface area contributed by atoms with Gasteiger partial charge in [-0.3, -0.25) is 4.79 Å². The summed E-state index contributed by atoms with van der Waals surface area (Å²) in [5.74, 6) is 0.289. The van der Waals surface area contributed by atoms with Crippen molar-refractivity contribution in [1.82, 2.24) is 9.80 Å². The number of ether oxygens (including phenoxy) is 1. The van der Waals surface area contributed by atoms with E-state index in [1.807, 2.05) is 0 Å². The van der Waals surface area contributed by atoms with Crippen LogP contribution in [0.25, 0.3) is 0 Å². The van der Waals surface area contributed by atoms with Crippen LogP contribution in [-0.2, 0) is 16.0 Å². The number of hydrogen-bond acceptors (Lipinski definition) is 4. The molecule has 126 valence electrons. The Hall–Kier alpha value is -0.910. The van der Waals surface area contributed by atoms with E-state index in [2.05, 4.69) is 28.3 Å². The van der Waals surface area contributed by atoms with Gasteiger partial charge in [-0.1, -0.05) is 0 Å². The summed E-state index contributed by atoms with van der Waals surface area (Å²) >= 11 is 1.80. The van der Waals surface area contributed by atoms with Crippen molar-refractivity contribution in [2.45, 2.75) is 56.7 Å². The molecule has 0 radical (unpaired) electrons. The second-order valence-electron chi connectivity index (χ2n) is 7.10. The Morgan fingerprint density at radius 3 is 2.96 bits per heavy atom. The number of fused-ring (bicyclic) bond motifs is 1. The molecule has 0 N–H and O–H groups in total. The molecule has 0 aromatic carbocycles. The number of nitrogens with zero attached hydrogens (tertiary/aromatic N) is 2. The highest BCUT2D eigenvalue weighted by molar-refractivity contribution is 7.10. The molecule has 3 atom stereocenters. The summed E-state index contributed by atoms with van der Waals surface area (Å²) < 4.78 is 5.92. The maximum atomic E-state index is 12.9. The fourth-order valence-electron chi connectivity index (χ4n) is 4.59. The molecule has 5 heteroatoms. The van der Waals surface area contributed by atoms with Gasteiger partial charge in [0.25, 0.3) is 0 Å². The Balaban J connectivity index is 1.45. The molecule has 0 saturated carbocycles. The van der Waals surface area contributed by atoms with E-state index < -0.39 is 0 Å². The smallest absolute Gasteiger partial charge is 0.225 e. The standard InChI is InChI=1S/C18H26N2O2S/c1-19-8-2-4-14(19)15-5-3-9-20(15)18(21)12-16-13-7-11-23-17(13)6-10-22-16/h7,11,14-16H,2-6,8-10,12H2,1H3/t14-,15-,16-/m1/s1. The zero-order valence-corrected chi connectivity index (χ0v) is 14.7. The Kier molecular flexibility index (Phi) is 4.43. The fourth-order valence-corrected chi connectivity index (χ4v) is 5.51. The molecule has 1 aromatic rings. The lowest BCUT2D eigenvalue weighted by atomic mass is 10.0. The number of carbonyl (C=O) groups is 1. The molecule has 23 heavy (non-hydrogen) atoms. The summed E-state index contributed by atoms with van der Waals surface area (Å²) in [7, 11) is 2.21. The van der Waals surface area contributed by atoms with Crippen LogP contribution in [0, 0.1) is 0 Å².